The molecule has 8 nitrogen and oxygen atoms in total. The van der Waals surface area contributed by atoms with E-state index in [-0.39, 0.29) is 24.2 Å². The number of aromatic nitrogens is 2. The van der Waals surface area contributed by atoms with Crippen LogP contribution >= 0.6 is 15.9 Å². The first kappa shape index (κ1) is 21.3. The molecule has 0 saturated carbocycles. The third kappa shape index (κ3) is 6.28. The number of carbonyl (C=O) groups is 2. The third-order valence-electron chi connectivity index (χ3n) is 4.12. The quantitative estimate of drug-likeness (QED) is 0.462. The van der Waals surface area contributed by atoms with E-state index in [1.165, 1.54) is 10.8 Å². The lowest BCUT2D eigenvalue weighted by Gasteiger charge is -2.10. The molecule has 0 atom stereocenters. The maximum absolute atomic E-state index is 12.1. The summed E-state index contributed by atoms with van der Waals surface area (Å²) in [6.07, 6.45) is 3.10. The summed E-state index contributed by atoms with van der Waals surface area (Å²) in [5.74, 6) is -0.206. The number of benzene rings is 2. The first-order valence-corrected chi connectivity index (χ1v) is 9.99. The van der Waals surface area contributed by atoms with Gasteiger partial charge in [-0.2, -0.15) is 0 Å². The van der Waals surface area contributed by atoms with Gasteiger partial charge in [0.2, 0.25) is 0 Å². The van der Waals surface area contributed by atoms with Gasteiger partial charge in [0.15, 0.2) is 0 Å². The van der Waals surface area contributed by atoms with Crippen molar-refractivity contribution in [3.8, 4) is 0 Å². The second-order valence-electron chi connectivity index (χ2n) is 6.37. The van der Waals surface area contributed by atoms with Crippen molar-refractivity contribution in [1.82, 2.24) is 20.2 Å². The molecule has 3 N–H and O–H groups in total. The van der Waals surface area contributed by atoms with Crippen LogP contribution in [0.25, 0.3) is 0 Å². The van der Waals surface area contributed by atoms with Crippen LogP contribution in [-0.2, 0) is 6.54 Å². The van der Waals surface area contributed by atoms with E-state index in [2.05, 4.69) is 36.9 Å². The summed E-state index contributed by atoms with van der Waals surface area (Å²) in [5, 5.41) is 8.17. The number of hydrogen-bond acceptors (Lipinski definition) is 4. The third-order valence-corrected chi connectivity index (χ3v) is 4.65. The lowest BCUT2D eigenvalue weighted by atomic mass is 10.2. The highest BCUT2D eigenvalue weighted by Crippen LogP contribution is 2.11. The molecule has 154 valence electrons. The Morgan fingerprint density at radius 1 is 1.00 bits per heavy atom. The molecule has 0 fully saturated rings. The van der Waals surface area contributed by atoms with Gasteiger partial charge >= 0.3 is 11.7 Å². The Morgan fingerprint density at radius 2 is 1.77 bits per heavy atom. The Kier molecular flexibility index (Phi) is 7.34. The number of carbonyl (C=O) groups excluding carboxylic acids is 2. The number of nitrogens with zero attached hydrogens (tertiary/aromatic N) is 2. The molecule has 3 aromatic rings. The fourth-order valence-corrected chi connectivity index (χ4v) is 2.95. The van der Waals surface area contributed by atoms with Gasteiger partial charge in [-0.05, 0) is 48.0 Å². The summed E-state index contributed by atoms with van der Waals surface area (Å²) < 4.78 is 2.38. The van der Waals surface area contributed by atoms with E-state index < -0.39 is 0 Å². The van der Waals surface area contributed by atoms with Gasteiger partial charge in [-0.15, -0.1) is 0 Å². The number of rotatable bonds is 7. The van der Waals surface area contributed by atoms with Crippen LogP contribution in [0.15, 0.2) is 76.3 Å². The second-order valence-corrected chi connectivity index (χ2v) is 7.29. The largest absolute Gasteiger partial charge is 0.350 e. The van der Waals surface area contributed by atoms with Crippen LogP contribution in [0.2, 0.25) is 0 Å². The van der Waals surface area contributed by atoms with Crippen molar-refractivity contribution in [3.63, 3.8) is 0 Å². The summed E-state index contributed by atoms with van der Waals surface area (Å²) in [7, 11) is 0. The van der Waals surface area contributed by atoms with Crippen molar-refractivity contribution in [2.75, 3.05) is 18.4 Å². The molecule has 3 rings (SSSR count). The smallest absolute Gasteiger partial charge is 0.347 e. The van der Waals surface area contributed by atoms with Gasteiger partial charge < -0.3 is 16.0 Å². The van der Waals surface area contributed by atoms with E-state index >= 15 is 0 Å². The average molecular weight is 470 g/mol. The molecular formula is C21H20BrN5O3. The molecule has 0 saturated heterocycles. The highest BCUT2D eigenvalue weighted by molar-refractivity contribution is 9.10. The predicted molar refractivity (Wildman–Crippen MR) is 118 cm³/mol. The zero-order chi connectivity index (χ0) is 21.3. The van der Waals surface area contributed by atoms with Crippen LogP contribution in [0, 0.1) is 0 Å². The molecule has 0 aliphatic heterocycles. The maximum atomic E-state index is 12.1. The van der Waals surface area contributed by atoms with Crippen LogP contribution in [0.4, 0.5) is 10.5 Å². The van der Waals surface area contributed by atoms with Gasteiger partial charge in [-0.3, -0.25) is 9.36 Å². The van der Waals surface area contributed by atoms with Gasteiger partial charge in [0, 0.05) is 41.2 Å². The molecule has 30 heavy (non-hydrogen) atoms. The lowest BCUT2D eigenvalue weighted by molar-refractivity contribution is 0.0954. The Hall–Kier alpha value is -3.46. The SMILES string of the molecule is O=C(NCCNC(=O)c1ccc(Br)cc1)Nc1cccc(Cn2cccnc2=O)c1. The van der Waals surface area contributed by atoms with Gasteiger partial charge in [-0.25, -0.2) is 14.6 Å². The zero-order valence-electron chi connectivity index (χ0n) is 16.0. The standard InChI is InChI=1S/C21H20BrN5O3/c22-17-7-5-16(6-8-17)19(28)23-10-11-24-20(29)26-18-4-1-3-15(13-18)14-27-12-2-9-25-21(27)30/h1-9,12-13H,10-11,14H2,(H,23,28)(H2,24,26,29). The molecule has 0 bridgehead atoms. The first-order chi connectivity index (χ1) is 14.5. The minimum absolute atomic E-state index is 0.206. The molecule has 3 amide bonds. The Balaban J connectivity index is 1.44. The van der Waals surface area contributed by atoms with Crippen molar-refractivity contribution >= 4 is 33.6 Å². The molecule has 1 aromatic heterocycles. The van der Waals surface area contributed by atoms with E-state index in [0.717, 1.165) is 10.0 Å². The summed E-state index contributed by atoms with van der Waals surface area (Å²) in [5.41, 5.74) is 1.66. The van der Waals surface area contributed by atoms with Crippen molar-refractivity contribution < 1.29 is 9.59 Å². The van der Waals surface area contributed by atoms with Crippen molar-refractivity contribution in [2.45, 2.75) is 6.54 Å². The van der Waals surface area contributed by atoms with Gasteiger partial charge in [0.05, 0.1) is 6.54 Å². The molecule has 9 heteroatoms. The van der Waals surface area contributed by atoms with E-state index in [1.807, 2.05) is 6.07 Å². The normalized spacial score (nSPS) is 10.3. The Bertz CT molecular complexity index is 1080. The first-order valence-electron chi connectivity index (χ1n) is 9.20. The molecule has 0 aliphatic carbocycles. The zero-order valence-corrected chi connectivity index (χ0v) is 17.6. The minimum atomic E-state index is -0.386. The van der Waals surface area contributed by atoms with Crippen LogP contribution < -0.4 is 21.6 Å². The monoisotopic (exact) mass is 469 g/mol. The predicted octanol–water partition coefficient (Wildman–Crippen LogP) is 2.61. The minimum Gasteiger partial charge on any atom is -0.350 e. The lowest BCUT2D eigenvalue weighted by Crippen LogP contribution is -2.36. The fourth-order valence-electron chi connectivity index (χ4n) is 2.68. The van der Waals surface area contributed by atoms with Crippen LogP contribution in [0.3, 0.4) is 0 Å². The molecule has 0 spiro atoms. The fraction of sp³-hybridized carbons (Fsp3) is 0.143. The molecule has 0 aliphatic rings. The van der Waals surface area contributed by atoms with Crippen molar-refractivity contribution in [1.29, 1.82) is 0 Å². The summed E-state index contributed by atoms with van der Waals surface area (Å²) in [4.78, 5) is 39.5. The summed E-state index contributed by atoms with van der Waals surface area (Å²) >= 11 is 3.32. The van der Waals surface area contributed by atoms with E-state index in [9.17, 15) is 14.4 Å². The van der Waals surface area contributed by atoms with E-state index in [1.54, 1.807) is 54.7 Å². The highest BCUT2D eigenvalue weighted by atomic mass is 79.9. The number of hydrogen-bond donors (Lipinski definition) is 3. The van der Waals surface area contributed by atoms with E-state index in [0.29, 0.717) is 24.3 Å². The maximum Gasteiger partial charge on any atom is 0.347 e. The van der Waals surface area contributed by atoms with Crippen LogP contribution in [0.1, 0.15) is 15.9 Å². The number of nitrogens with one attached hydrogen (secondary N) is 3. The number of halogens is 1. The molecule has 0 radical (unpaired) electrons. The Morgan fingerprint density at radius 3 is 2.53 bits per heavy atom. The average Bonchev–Trinajstić information content (AvgIpc) is 2.73. The summed E-state index contributed by atoms with van der Waals surface area (Å²) in [6, 6.07) is 15.5. The number of urea groups is 1. The topological polar surface area (TPSA) is 105 Å². The number of amides is 3. The van der Waals surface area contributed by atoms with Crippen molar-refractivity contribution in [3.05, 3.63) is 93.1 Å². The van der Waals surface area contributed by atoms with Gasteiger partial charge in [0.1, 0.15) is 0 Å². The summed E-state index contributed by atoms with van der Waals surface area (Å²) in [6.45, 7) is 0.928. The highest BCUT2D eigenvalue weighted by Gasteiger charge is 2.06. The van der Waals surface area contributed by atoms with Gasteiger partial charge in [0.25, 0.3) is 5.91 Å². The van der Waals surface area contributed by atoms with Crippen LogP contribution in [-0.4, -0.2) is 34.6 Å². The Labute approximate surface area is 181 Å². The van der Waals surface area contributed by atoms with Gasteiger partial charge in [-0.1, -0.05) is 28.1 Å². The van der Waals surface area contributed by atoms with Crippen molar-refractivity contribution in [2.24, 2.45) is 0 Å². The second kappa shape index (κ2) is 10.4. The van der Waals surface area contributed by atoms with Crippen LogP contribution in [0.5, 0.6) is 0 Å². The molecular weight excluding hydrogens is 450 g/mol. The molecule has 1 heterocycles. The van der Waals surface area contributed by atoms with E-state index in [4.69, 9.17) is 0 Å². The molecule has 2 aromatic carbocycles. The molecule has 0 unspecified atom stereocenters. The number of anilines is 1.